The van der Waals surface area contributed by atoms with Crippen LogP contribution in [0.5, 0.6) is 5.75 Å². The summed E-state index contributed by atoms with van der Waals surface area (Å²) in [6.45, 7) is 1.09. The van der Waals surface area contributed by atoms with E-state index in [-0.39, 0.29) is 15.8 Å². The van der Waals surface area contributed by atoms with E-state index >= 15 is 0 Å². The van der Waals surface area contributed by atoms with Gasteiger partial charge in [0.05, 0.1) is 15.6 Å². The Morgan fingerprint density at radius 2 is 1.91 bits per heavy atom. The van der Waals surface area contributed by atoms with E-state index in [1.54, 1.807) is 18.3 Å². The Morgan fingerprint density at radius 1 is 1.16 bits per heavy atom. The molecule has 1 fully saturated rings. The van der Waals surface area contributed by atoms with Crippen molar-refractivity contribution >= 4 is 46.1 Å². The zero-order chi connectivity index (χ0) is 22.8. The molecule has 1 saturated carbocycles. The van der Waals surface area contributed by atoms with Gasteiger partial charge in [0.25, 0.3) is 0 Å². The molecule has 7 heteroatoms. The Morgan fingerprint density at radius 3 is 2.59 bits per heavy atom. The van der Waals surface area contributed by atoms with Crippen LogP contribution >= 0.6 is 23.2 Å². The maximum absolute atomic E-state index is 11.4. The number of anilines is 1. The van der Waals surface area contributed by atoms with Gasteiger partial charge in [-0.3, -0.25) is 4.98 Å². The van der Waals surface area contributed by atoms with Crippen LogP contribution in [0.4, 0.5) is 5.69 Å². The second-order valence-corrected chi connectivity index (χ2v) is 9.65. The van der Waals surface area contributed by atoms with Gasteiger partial charge in [-0.1, -0.05) is 29.3 Å². The molecule has 32 heavy (non-hydrogen) atoms. The van der Waals surface area contributed by atoms with Crippen LogP contribution in [0.25, 0.3) is 22.0 Å². The van der Waals surface area contributed by atoms with Crippen molar-refractivity contribution in [3.63, 3.8) is 0 Å². The van der Waals surface area contributed by atoms with Crippen molar-refractivity contribution in [1.29, 1.82) is 0 Å². The molecule has 168 valence electrons. The number of fused-ring (bicyclic) bond motifs is 1. The smallest absolute Gasteiger partial charge is 0.152 e. The molecule has 2 aromatic carbocycles. The third kappa shape index (κ3) is 4.85. The van der Waals surface area contributed by atoms with E-state index in [1.807, 2.05) is 18.2 Å². The lowest BCUT2D eigenvalue weighted by Crippen LogP contribution is -2.22. The molecule has 0 unspecified atom stereocenters. The van der Waals surface area contributed by atoms with Gasteiger partial charge in [-0.2, -0.15) is 0 Å². The highest BCUT2D eigenvalue weighted by Crippen LogP contribution is 2.39. The van der Waals surface area contributed by atoms with E-state index in [9.17, 15) is 9.90 Å². The highest BCUT2D eigenvalue weighted by Gasteiger charge is 2.26. The molecule has 0 radical (unpaired) electrons. The van der Waals surface area contributed by atoms with Crippen molar-refractivity contribution in [2.24, 2.45) is 5.92 Å². The fourth-order valence-corrected chi connectivity index (χ4v) is 5.14. The number of aromatic hydroxyl groups is 1. The number of nitrogens with zero attached hydrogens (tertiary/aromatic N) is 2. The summed E-state index contributed by atoms with van der Waals surface area (Å²) in [5.41, 5.74) is 4.42. The number of pyridine rings is 1. The number of nitrogens with one attached hydrogen (secondary N) is 1. The van der Waals surface area contributed by atoms with Crippen molar-refractivity contribution in [3.8, 4) is 16.9 Å². The third-order valence-corrected chi connectivity index (χ3v) is 6.69. The standard InChI is InChI=1S/C25H27Cl2N3O2/c1-30(2)14-15-3-5-19(9-15)29-24-17(7-8-31)13-28-23-6-4-16(10-20(23)24)18-11-21(26)25(32)22(27)12-18/h4,6,8,10-13,15,19,32H,3,5,7,9,14H2,1-2H3,(H,28,29)/t15-,19-/m1/s1. The van der Waals surface area contributed by atoms with Crippen LogP contribution in [0.3, 0.4) is 0 Å². The van der Waals surface area contributed by atoms with E-state index in [2.05, 4.69) is 29.3 Å². The molecule has 2 N–H and O–H groups in total. The number of phenolic OH excluding ortho intramolecular Hbond substituents is 1. The van der Waals surface area contributed by atoms with Gasteiger partial charge in [0, 0.05) is 41.8 Å². The number of aldehydes is 1. The number of carbonyl (C=O) groups is 1. The first kappa shape index (κ1) is 22.8. The molecule has 4 rings (SSSR count). The highest BCUT2D eigenvalue weighted by molar-refractivity contribution is 6.37. The Labute approximate surface area is 198 Å². The SMILES string of the molecule is CN(C)C[C@@H]1CC[C@@H](Nc2c(CC=O)cnc3ccc(-c4cc(Cl)c(O)c(Cl)c4)cc23)C1. The molecule has 0 bridgehead atoms. The van der Waals surface area contributed by atoms with Gasteiger partial charge < -0.3 is 20.1 Å². The predicted molar refractivity (Wildman–Crippen MR) is 132 cm³/mol. The number of halogens is 2. The lowest BCUT2D eigenvalue weighted by atomic mass is 9.99. The maximum Gasteiger partial charge on any atom is 0.152 e. The number of benzene rings is 2. The molecule has 1 heterocycles. The second-order valence-electron chi connectivity index (χ2n) is 8.83. The molecule has 0 saturated heterocycles. The van der Waals surface area contributed by atoms with E-state index in [1.165, 1.54) is 6.42 Å². The van der Waals surface area contributed by atoms with Crippen molar-refractivity contribution in [1.82, 2.24) is 9.88 Å². The van der Waals surface area contributed by atoms with Crippen LogP contribution in [0.15, 0.2) is 36.5 Å². The van der Waals surface area contributed by atoms with Gasteiger partial charge in [-0.05, 0) is 74.7 Å². The Bertz CT molecular complexity index is 1130. The fourth-order valence-electron chi connectivity index (χ4n) is 4.65. The van der Waals surface area contributed by atoms with Crippen molar-refractivity contribution in [3.05, 3.63) is 52.1 Å². The average molecular weight is 472 g/mol. The molecule has 1 aliphatic rings. The highest BCUT2D eigenvalue weighted by atomic mass is 35.5. The summed E-state index contributed by atoms with van der Waals surface area (Å²) in [4.78, 5) is 18.2. The average Bonchev–Trinajstić information content (AvgIpc) is 3.19. The van der Waals surface area contributed by atoms with Crippen molar-refractivity contribution < 1.29 is 9.90 Å². The summed E-state index contributed by atoms with van der Waals surface area (Å²) in [6.07, 6.45) is 6.41. The number of rotatable bonds is 7. The minimum atomic E-state index is -0.122. The summed E-state index contributed by atoms with van der Waals surface area (Å²) in [6, 6.07) is 9.71. The summed E-state index contributed by atoms with van der Waals surface area (Å²) in [7, 11) is 4.23. The minimum absolute atomic E-state index is 0.122. The van der Waals surface area contributed by atoms with Gasteiger partial charge in [0.2, 0.25) is 0 Å². The van der Waals surface area contributed by atoms with Crippen molar-refractivity contribution in [2.75, 3.05) is 26.0 Å². The Hall–Kier alpha value is -2.34. The molecular formula is C25H27Cl2N3O2. The molecule has 3 aromatic rings. The summed E-state index contributed by atoms with van der Waals surface area (Å²) in [5.74, 6) is 0.547. The Kier molecular flexibility index (Phi) is 6.89. The number of aromatic nitrogens is 1. The first-order valence-corrected chi connectivity index (χ1v) is 11.6. The van der Waals surface area contributed by atoms with E-state index < -0.39 is 0 Å². The van der Waals surface area contributed by atoms with E-state index in [0.717, 1.165) is 59.0 Å². The van der Waals surface area contributed by atoms with E-state index in [0.29, 0.717) is 18.4 Å². The summed E-state index contributed by atoms with van der Waals surface area (Å²) < 4.78 is 0. The lowest BCUT2D eigenvalue weighted by Gasteiger charge is -2.20. The fraction of sp³-hybridized carbons (Fsp3) is 0.360. The van der Waals surface area contributed by atoms with E-state index in [4.69, 9.17) is 23.2 Å². The first-order chi connectivity index (χ1) is 15.4. The van der Waals surface area contributed by atoms with Crippen LogP contribution in [0.2, 0.25) is 10.0 Å². The topological polar surface area (TPSA) is 65.5 Å². The van der Waals surface area contributed by atoms with Crippen molar-refractivity contribution in [2.45, 2.75) is 31.7 Å². The van der Waals surface area contributed by atoms with Gasteiger partial charge in [0.1, 0.15) is 6.29 Å². The second kappa shape index (κ2) is 9.65. The summed E-state index contributed by atoms with van der Waals surface area (Å²) >= 11 is 12.3. The monoisotopic (exact) mass is 471 g/mol. The largest absolute Gasteiger partial charge is 0.505 e. The molecule has 5 nitrogen and oxygen atoms in total. The van der Waals surface area contributed by atoms with Crippen LogP contribution in [0.1, 0.15) is 24.8 Å². The Balaban J connectivity index is 1.74. The van der Waals surface area contributed by atoms with Crippen LogP contribution in [-0.4, -0.2) is 48.0 Å². The normalized spacial score (nSPS) is 18.4. The quantitative estimate of drug-likeness (QED) is 0.426. The first-order valence-electron chi connectivity index (χ1n) is 10.8. The van der Waals surface area contributed by atoms with Gasteiger partial charge in [-0.15, -0.1) is 0 Å². The molecule has 0 aliphatic heterocycles. The van der Waals surface area contributed by atoms with Gasteiger partial charge in [-0.25, -0.2) is 0 Å². The molecular weight excluding hydrogens is 445 g/mol. The number of carbonyl (C=O) groups excluding carboxylic acids is 1. The molecule has 1 aliphatic carbocycles. The summed E-state index contributed by atoms with van der Waals surface area (Å²) in [5, 5.41) is 15.0. The zero-order valence-corrected chi connectivity index (χ0v) is 19.7. The number of hydrogen-bond acceptors (Lipinski definition) is 5. The zero-order valence-electron chi connectivity index (χ0n) is 18.2. The minimum Gasteiger partial charge on any atom is -0.505 e. The predicted octanol–water partition coefficient (Wildman–Crippen LogP) is 5.80. The van der Waals surface area contributed by atoms with Crippen LogP contribution in [-0.2, 0) is 11.2 Å². The maximum atomic E-state index is 11.4. The third-order valence-electron chi connectivity index (χ3n) is 6.11. The number of phenols is 1. The number of hydrogen-bond donors (Lipinski definition) is 2. The van der Waals surface area contributed by atoms with Gasteiger partial charge >= 0.3 is 0 Å². The molecule has 2 atom stereocenters. The molecule has 0 amide bonds. The molecule has 0 spiro atoms. The van der Waals surface area contributed by atoms with Gasteiger partial charge in [0.15, 0.2) is 5.75 Å². The van der Waals surface area contributed by atoms with Crippen LogP contribution < -0.4 is 5.32 Å². The lowest BCUT2D eigenvalue weighted by molar-refractivity contribution is -0.107. The molecule has 1 aromatic heterocycles. The van der Waals surface area contributed by atoms with Crippen LogP contribution in [0, 0.1) is 5.92 Å².